The zero-order valence-corrected chi connectivity index (χ0v) is 18.6. The summed E-state index contributed by atoms with van der Waals surface area (Å²) in [4.78, 5) is 21.5. The highest BCUT2D eigenvalue weighted by molar-refractivity contribution is 7.13. The minimum atomic E-state index is -0.236. The third-order valence-corrected chi connectivity index (χ3v) is 6.32. The van der Waals surface area contributed by atoms with Gasteiger partial charge in [-0.25, -0.2) is 14.8 Å². The Balaban J connectivity index is 1.10. The molecule has 2 amide bonds. The minimum Gasteiger partial charge on any atom is -0.337 e. The number of carbonyl (C=O) groups excluding carboxylic acids is 1. The van der Waals surface area contributed by atoms with Crippen molar-refractivity contribution in [3.05, 3.63) is 71.0 Å². The third kappa shape index (κ3) is 4.86. The highest BCUT2D eigenvalue weighted by atomic mass is 32.1. The van der Waals surface area contributed by atoms with Gasteiger partial charge in [0.1, 0.15) is 10.8 Å². The molecule has 162 valence electrons. The molecule has 1 aliphatic rings. The first-order valence-corrected chi connectivity index (χ1v) is 11.6. The number of hydrogen-bond acceptors (Lipinski definition) is 5. The predicted octanol–water partition coefficient (Wildman–Crippen LogP) is 5.15. The van der Waals surface area contributed by atoms with Crippen molar-refractivity contribution in [2.24, 2.45) is 0 Å². The van der Waals surface area contributed by atoms with Gasteiger partial charge in [-0.3, -0.25) is 5.10 Å². The fourth-order valence-electron chi connectivity index (χ4n) is 3.38. The summed E-state index contributed by atoms with van der Waals surface area (Å²) in [5, 5.41) is 16.1. The van der Waals surface area contributed by atoms with Crippen LogP contribution >= 0.6 is 11.3 Å². The zero-order valence-electron chi connectivity index (χ0n) is 17.8. The standard InChI is InChI=1S/C24H24N6OS/c1-15-2-4-18(5-3-15)23-26-20(14-32-23)12-13-25-24(31)27-19-10-8-17(9-11-19)22-28-21(29-30-22)16-6-7-16/h2-5,8-11,14,16H,6-7,12-13H2,1H3,(H2,25,27,31)(H,28,29,30). The van der Waals surface area contributed by atoms with Crippen LogP contribution in [0.25, 0.3) is 22.0 Å². The molecule has 2 aromatic heterocycles. The number of carbonyl (C=O) groups is 1. The summed E-state index contributed by atoms with van der Waals surface area (Å²) in [6, 6.07) is 15.7. The largest absolute Gasteiger partial charge is 0.337 e. The van der Waals surface area contributed by atoms with Crippen LogP contribution in [0.2, 0.25) is 0 Å². The molecule has 0 bridgehead atoms. The Bertz CT molecular complexity index is 1210. The van der Waals surface area contributed by atoms with Crippen molar-refractivity contribution < 1.29 is 4.79 Å². The van der Waals surface area contributed by atoms with Crippen LogP contribution in [0.15, 0.2) is 53.9 Å². The average Bonchev–Trinajstić information content (AvgIpc) is 3.34. The summed E-state index contributed by atoms with van der Waals surface area (Å²) < 4.78 is 0. The molecule has 1 saturated carbocycles. The second-order valence-corrected chi connectivity index (χ2v) is 8.89. The quantitative estimate of drug-likeness (QED) is 0.367. The normalized spacial score (nSPS) is 13.2. The van der Waals surface area contributed by atoms with Gasteiger partial charge in [-0.15, -0.1) is 11.3 Å². The number of anilines is 1. The number of aromatic nitrogens is 4. The van der Waals surface area contributed by atoms with Crippen molar-refractivity contribution in [1.29, 1.82) is 0 Å². The summed E-state index contributed by atoms with van der Waals surface area (Å²) in [6.07, 6.45) is 3.05. The topological polar surface area (TPSA) is 95.6 Å². The number of aryl methyl sites for hydroxylation is 1. The number of thiazole rings is 1. The highest BCUT2D eigenvalue weighted by Gasteiger charge is 2.27. The molecule has 8 heteroatoms. The maximum absolute atomic E-state index is 12.2. The van der Waals surface area contributed by atoms with Gasteiger partial charge in [0.2, 0.25) is 0 Å². The lowest BCUT2D eigenvalue weighted by Gasteiger charge is -2.07. The summed E-state index contributed by atoms with van der Waals surface area (Å²) in [5.74, 6) is 2.20. The Morgan fingerprint density at radius 1 is 1.06 bits per heavy atom. The second-order valence-electron chi connectivity index (χ2n) is 8.04. The molecule has 0 spiro atoms. The van der Waals surface area contributed by atoms with E-state index < -0.39 is 0 Å². The fourth-order valence-corrected chi connectivity index (χ4v) is 4.24. The third-order valence-electron chi connectivity index (χ3n) is 5.38. The number of rotatable bonds is 7. The molecule has 0 aliphatic heterocycles. The van der Waals surface area contributed by atoms with E-state index in [1.807, 2.05) is 29.6 Å². The van der Waals surface area contributed by atoms with Gasteiger partial charge in [0.25, 0.3) is 0 Å². The Labute approximate surface area is 190 Å². The van der Waals surface area contributed by atoms with Crippen LogP contribution < -0.4 is 10.6 Å². The van der Waals surface area contributed by atoms with Gasteiger partial charge < -0.3 is 10.6 Å². The number of hydrogen-bond donors (Lipinski definition) is 3. The van der Waals surface area contributed by atoms with Crippen molar-refractivity contribution in [3.63, 3.8) is 0 Å². The summed E-state index contributed by atoms with van der Waals surface area (Å²) in [7, 11) is 0. The van der Waals surface area contributed by atoms with Crippen LogP contribution in [-0.4, -0.2) is 32.7 Å². The average molecular weight is 445 g/mol. The van der Waals surface area contributed by atoms with E-state index in [1.165, 1.54) is 18.4 Å². The molecule has 32 heavy (non-hydrogen) atoms. The molecule has 7 nitrogen and oxygen atoms in total. The van der Waals surface area contributed by atoms with Crippen molar-refractivity contribution in [1.82, 2.24) is 25.5 Å². The molecule has 0 atom stereocenters. The van der Waals surface area contributed by atoms with Gasteiger partial charge in [0.15, 0.2) is 5.82 Å². The lowest BCUT2D eigenvalue weighted by Crippen LogP contribution is -2.30. The van der Waals surface area contributed by atoms with E-state index >= 15 is 0 Å². The van der Waals surface area contributed by atoms with Crippen molar-refractivity contribution in [2.45, 2.75) is 32.1 Å². The number of aromatic amines is 1. The van der Waals surface area contributed by atoms with Gasteiger partial charge in [-0.2, -0.15) is 5.10 Å². The van der Waals surface area contributed by atoms with E-state index in [1.54, 1.807) is 11.3 Å². The molecule has 1 fully saturated rings. The van der Waals surface area contributed by atoms with Crippen LogP contribution in [0, 0.1) is 6.92 Å². The maximum Gasteiger partial charge on any atom is 0.319 e. The van der Waals surface area contributed by atoms with Gasteiger partial charge in [-0.05, 0) is 44.0 Å². The van der Waals surface area contributed by atoms with Crippen LogP contribution in [0.3, 0.4) is 0 Å². The van der Waals surface area contributed by atoms with Crippen molar-refractivity contribution in [3.8, 4) is 22.0 Å². The molecule has 5 rings (SSSR count). The molecule has 0 radical (unpaired) electrons. The Kier molecular flexibility index (Phi) is 5.68. The van der Waals surface area contributed by atoms with Crippen LogP contribution in [-0.2, 0) is 6.42 Å². The van der Waals surface area contributed by atoms with E-state index in [2.05, 4.69) is 62.0 Å². The van der Waals surface area contributed by atoms with Crippen molar-refractivity contribution >= 4 is 23.1 Å². The molecule has 2 aromatic carbocycles. The number of nitrogens with zero attached hydrogens (tertiary/aromatic N) is 3. The van der Waals surface area contributed by atoms with Gasteiger partial charge in [-0.1, -0.05) is 29.8 Å². The minimum absolute atomic E-state index is 0.236. The monoisotopic (exact) mass is 444 g/mol. The van der Waals surface area contributed by atoms with E-state index in [9.17, 15) is 4.79 Å². The van der Waals surface area contributed by atoms with Crippen LogP contribution in [0.5, 0.6) is 0 Å². The van der Waals surface area contributed by atoms with Crippen molar-refractivity contribution in [2.75, 3.05) is 11.9 Å². The first-order valence-electron chi connectivity index (χ1n) is 10.7. The Morgan fingerprint density at radius 2 is 1.81 bits per heavy atom. The summed E-state index contributed by atoms with van der Waals surface area (Å²) in [5.41, 5.74) is 4.98. The number of urea groups is 1. The Hall–Kier alpha value is -3.52. The first kappa shape index (κ1) is 20.4. The lowest BCUT2D eigenvalue weighted by atomic mass is 10.2. The van der Waals surface area contributed by atoms with E-state index in [-0.39, 0.29) is 6.03 Å². The smallest absolute Gasteiger partial charge is 0.319 e. The number of nitrogens with one attached hydrogen (secondary N) is 3. The zero-order chi connectivity index (χ0) is 21.9. The molecule has 0 saturated heterocycles. The van der Waals surface area contributed by atoms with Crippen LogP contribution in [0.1, 0.15) is 35.8 Å². The summed E-state index contributed by atoms with van der Waals surface area (Å²) in [6.45, 7) is 2.59. The molecular formula is C24H24N6OS. The fraction of sp³-hybridized carbons (Fsp3) is 0.250. The summed E-state index contributed by atoms with van der Waals surface area (Å²) >= 11 is 1.62. The van der Waals surface area contributed by atoms with E-state index in [0.717, 1.165) is 33.3 Å². The molecule has 3 N–H and O–H groups in total. The molecular weight excluding hydrogens is 420 g/mol. The molecule has 0 unspecified atom stereocenters. The van der Waals surface area contributed by atoms with Gasteiger partial charge in [0.05, 0.1) is 5.69 Å². The van der Waals surface area contributed by atoms with Crippen LogP contribution in [0.4, 0.5) is 10.5 Å². The number of H-pyrrole nitrogens is 1. The first-order chi connectivity index (χ1) is 15.6. The van der Waals surface area contributed by atoms with E-state index in [4.69, 9.17) is 0 Å². The predicted molar refractivity (Wildman–Crippen MR) is 127 cm³/mol. The van der Waals surface area contributed by atoms with Gasteiger partial charge in [0, 0.05) is 41.1 Å². The molecule has 2 heterocycles. The Morgan fingerprint density at radius 3 is 2.56 bits per heavy atom. The second kappa shape index (κ2) is 8.92. The number of amides is 2. The maximum atomic E-state index is 12.2. The van der Waals surface area contributed by atoms with Gasteiger partial charge >= 0.3 is 6.03 Å². The number of benzene rings is 2. The molecule has 4 aromatic rings. The highest BCUT2D eigenvalue weighted by Crippen LogP contribution is 2.38. The molecule has 1 aliphatic carbocycles. The lowest BCUT2D eigenvalue weighted by molar-refractivity contribution is 0.252. The SMILES string of the molecule is Cc1ccc(-c2nc(CCNC(=O)Nc3ccc(-c4n[nH]c(C5CC5)n4)cc3)cs2)cc1. The van der Waals surface area contributed by atoms with E-state index in [0.29, 0.717) is 24.7 Å².